The minimum Gasteiger partial charge on any atom is -0.493 e. The highest BCUT2D eigenvalue weighted by Crippen LogP contribution is 2.36. The molecule has 32 heavy (non-hydrogen) atoms. The van der Waals surface area contributed by atoms with E-state index in [1.165, 1.54) is 19.2 Å². The van der Waals surface area contributed by atoms with Crippen LogP contribution in [0, 0.1) is 0 Å². The van der Waals surface area contributed by atoms with E-state index in [0.29, 0.717) is 40.6 Å². The molecule has 3 heterocycles. The SMILES string of the molecule is COc1cc2c(Oc3ccc4[nH]ccc4c3)ncnc2cc1OC[C@@H](O)CN1CCCC1. The smallest absolute Gasteiger partial charge is 0.230 e. The van der Waals surface area contributed by atoms with Crippen molar-refractivity contribution < 1.29 is 19.3 Å². The van der Waals surface area contributed by atoms with Crippen molar-refractivity contribution in [3.8, 4) is 23.1 Å². The first-order valence-corrected chi connectivity index (χ1v) is 10.8. The van der Waals surface area contributed by atoms with Crippen LogP contribution in [-0.4, -0.2) is 64.4 Å². The molecule has 4 aromatic rings. The van der Waals surface area contributed by atoms with E-state index >= 15 is 0 Å². The fourth-order valence-electron chi connectivity index (χ4n) is 4.10. The number of fused-ring (bicyclic) bond motifs is 2. The summed E-state index contributed by atoms with van der Waals surface area (Å²) < 4.78 is 17.5. The lowest BCUT2D eigenvalue weighted by molar-refractivity contribution is 0.0747. The van der Waals surface area contributed by atoms with Gasteiger partial charge < -0.3 is 29.2 Å². The number of hydrogen-bond donors (Lipinski definition) is 2. The molecule has 0 aliphatic carbocycles. The van der Waals surface area contributed by atoms with Gasteiger partial charge in [0.05, 0.1) is 18.0 Å². The fraction of sp³-hybridized carbons (Fsp3) is 0.333. The van der Waals surface area contributed by atoms with Gasteiger partial charge in [-0.3, -0.25) is 0 Å². The van der Waals surface area contributed by atoms with E-state index in [9.17, 15) is 5.11 Å². The number of aliphatic hydroxyl groups is 1. The van der Waals surface area contributed by atoms with Crippen LogP contribution in [0.1, 0.15) is 12.8 Å². The Balaban J connectivity index is 1.36. The fourth-order valence-corrected chi connectivity index (χ4v) is 4.10. The average molecular weight is 434 g/mol. The first-order valence-electron chi connectivity index (χ1n) is 10.8. The molecule has 8 heteroatoms. The number of H-pyrrole nitrogens is 1. The number of ether oxygens (including phenoxy) is 3. The number of likely N-dealkylation sites (tertiary alicyclic amines) is 1. The standard InChI is InChI=1S/C24H26N4O4/c1-30-22-11-19-21(12-23(22)31-14-17(29)13-28-8-2-3-9-28)26-15-27-24(19)32-18-4-5-20-16(10-18)6-7-25-20/h4-7,10-12,15,17,25,29H,2-3,8-9,13-14H2,1H3/t17-/m0/s1. The van der Waals surface area contributed by atoms with Crippen LogP contribution in [0.3, 0.4) is 0 Å². The van der Waals surface area contributed by atoms with Crippen LogP contribution in [-0.2, 0) is 0 Å². The topological polar surface area (TPSA) is 92.7 Å². The third kappa shape index (κ3) is 4.32. The van der Waals surface area contributed by atoms with E-state index in [1.807, 2.05) is 36.5 Å². The average Bonchev–Trinajstić information content (AvgIpc) is 3.49. The molecule has 1 aliphatic heterocycles. The summed E-state index contributed by atoms with van der Waals surface area (Å²) in [6.45, 7) is 2.87. The number of aromatic nitrogens is 3. The summed E-state index contributed by atoms with van der Waals surface area (Å²) in [6.07, 6.45) is 5.17. The number of aliphatic hydroxyl groups excluding tert-OH is 1. The number of nitrogens with zero attached hydrogens (tertiary/aromatic N) is 3. The number of hydrogen-bond acceptors (Lipinski definition) is 7. The van der Waals surface area contributed by atoms with Gasteiger partial charge in [-0.05, 0) is 56.3 Å². The van der Waals surface area contributed by atoms with Crippen LogP contribution >= 0.6 is 0 Å². The molecule has 8 nitrogen and oxygen atoms in total. The van der Waals surface area contributed by atoms with Gasteiger partial charge in [-0.1, -0.05) is 0 Å². The molecule has 1 atom stereocenters. The first-order chi connectivity index (χ1) is 15.7. The van der Waals surface area contributed by atoms with E-state index in [4.69, 9.17) is 14.2 Å². The maximum atomic E-state index is 10.4. The lowest BCUT2D eigenvalue weighted by atomic mass is 10.2. The maximum absolute atomic E-state index is 10.4. The van der Waals surface area contributed by atoms with E-state index in [-0.39, 0.29) is 6.61 Å². The van der Waals surface area contributed by atoms with Crippen molar-refractivity contribution in [2.75, 3.05) is 33.4 Å². The number of methoxy groups -OCH3 is 1. The van der Waals surface area contributed by atoms with Crippen molar-refractivity contribution in [1.82, 2.24) is 19.9 Å². The Labute approximate surface area is 185 Å². The van der Waals surface area contributed by atoms with Crippen molar-refractivity contribution in [3.63, 3.8) is 0 Å². The minimum absolute atomic E-state index is 0.184. The highest BCUT2D eigenvalue weighted by atomic mass is 16.5. The maximum Gasteiger partial charge on any atom is 0.230 e. The molecule has 2 aromatic heterocycles. The molecule has 0 spiro atoms. The van der Waals surface area contributed by atoms with Gasteiger partial charge in [0, 0.05) is 29.7 Å². The highest BCUT2D eigenvalue weighted by Gasteiger charge is 2.18. The third-order valence-corrected chi connectivity index (χ3v) is 5.72. The third-order valence-electron chi connectivity index (χ3n) is 5.72. The van der Waals surface area contributed by atoms with Crippen LogP contribution in [0.15, 0.2) is 48.9 Å². The van der Waals surface area contributed by atoms with Gasteiger partial charge in [0.25, 0.3) is 0 Å². The molecule has 0 saturated carbocycles. The number of benzene rings is 2. The van der Waals surface area contributed by atoms with Gasteiger partial charge in [0.2, 0.25) is 5.88 Å². The van der Waals surface area contributed by atoms with Gasteiger partial charge in [-0.25, -0.2) is 9.97 Å². The second-order valence-corrected chi connectivity index (χ2v) is 8.00. The van der Waals surface area contributed by atoms with Crippen LogP contribution in [0.2, 0.25) is 0 Å². The second kappa shape index (κ2) is 9.02. The molecule has 5 rings (SSSR count). The summed E-state index contributed by atoms with van der Waals surface area (Å²) >= 11 is 0. The predicted molar refractivity (Wildman–Crippen MR) is 122 cm³/mol. The monoisotopic (exact) mass is 434 g/mol. The van der Waals surface area contributed by atoms with Gasteiger partial charge in [-0.15, -0.1) is 0 Å². The van der Waals surface area contributed by atoms with Crippen molar-refractivity contribution in [3.05, 3.63) is 48.9 Å². The molecule has 166 valence electrons. The van der Waals surface area contributed by atoms with E-state index in [0.717, 1.165) is 24.0 Å². The molecule has 0 amide bonds. The van der Waals surface area contributed by atoms with E-state index in [1.54, 1.807) is 13.2 Å². The Morgan fingerprint density at radius 3 is 2.81 bits per heavy atom. The summed E-state index contributed by atoms with van der Waals surface area (Å²) in [5.74, 6) is 2.18. The number of rotatable bonds is 8. The van der Waals surface area contributed by atoms with Crippen LogP contribution < -0.4 is 14.2 Å². The van der Waals surface area contributed by atoms with Crippen molar-refractivity contribution in [2.24, 2.45) is 0 Å². The zero-order valence-corrected chi connectivity index (χ0v) is 18.0. The second-order valence-electron chi connectivity index (χ2n) is 8.00. The molecule has 1 fully saturated rings. The normalized spacial score (nSPS) is 15.3. The quantitative estimate of drug-likeness (QED) is 0.436. The van der Waals surface area contributed by atoms with Crippen molar-refractivity contribution >= 4 is 21.8 Å². The molecule has 1 saturated heterocycles. The molecule has 2 aromatic carbocycles. The highest BCUT2D eigenvalue weighted by molar-refractivity contribution is 5.87. The Bertz CT molecular complexity index is 1220. The lowest BCUT2D eigenvalue weighted by Crippen LogP contribution is -2.33. The molecule has 0 bridgehead atoms. The first kappa shape index (κ1) is 20.5. The van der Waals surface area contributed by atoms with Gasteiger partial charge in [-0.2, -0.15) is 0 Å². The Kier molecular flexibility index (Phi) is 5.79. The predicted octanol–water partition coefficient (Wildman–Crippen LogP) is 3.75. The zero-order chi connectivity index (χ0) is 21.9. The van der Waals surface area contributed by atoms with Crippen molar-refractivity contribution in [2.45, 2.75) is 18.9 Å². The minimum atomic E-state index is -0.568. The van der Waals surface area contributed by atoms with Crippen LogP contribution in [0.4, 0.5) is 0 Å². The zero-order valence-electron chi connectivity index (χ0n) is 18.0. The summed E-state index contributed by atoms with van der Waals surface area (Å²) in [6, 6.07) is 11.4. The Morgan fingerprint density at radius 2 is 1.97 bits per heavy atom. The van der Waals surface area contributed by atoms with E-state index < -0.39 is 6.10 Å². The Morgan fingerprint density at radius 1 is 1.09 bits per heavy atom. The molecular formula is C24H26N4O4. The van der Waals surface area contributed by atoms with E-state index in [2.05, 4.69) is 19.9 Å². The van der Waals surface area contributed by atoms with Gasteiger partial charge >= 0.3 is 0 Å². The van der Waals surface area contributed by atoms with Gasteiger partial charge in [0.1, 0.15) is 24.8 Å². The number of nitrogens with one attached hydrogen (secondary N) is 1. The number of aromatic amines is 1. The Hall–Kier alpha value is -3.36. The van der Waals surface area contributed by atoms with Crippen LogP contribution in [0.25, 0.3) is 21.8 Å². The summed E-state index contributed by atoms with van der Waals surface area (Å²) in [4.78, 5) is 14.1. The molecule has 1 aliphatic rings. The summed E-state index contributed by atoms with van der Waals surface area (Å²) in [7, 11) is 1.58. The molecule has 0 unspecified atom stereocenters. The largest absolute Gasteiger partial charge is 0.493 e. The van der Waals surface area contributed by atoms with Crippen LogP contribution in [0.5, 0.6) is 23.1 Å². The summed E-state index contributed by atoms with van der Waals surface area (Å²) in [5.41, 5.74) is 1.71. The van der Waals surface area contributed by atoms with Gasteiger partial charge in [0.15, 0.2) is 11.5 Å². The summed E-state index contributed by atoms with van der Waals surface area (Å²) in [5, 5.41) is 12.1. The lowest BCUT2D eigenvalue weighted by Gasteiger charge is -2.20. The van der Waals surface area contributed by atoms with Crippen molar-refractivity contribution in [1.29, 1.82) is 0 Å². The molecule has 2 N–H and O–H groups in total. The molecular weight excluding hydrogens is 408 g/mol. The molecule has 0 radical (unpaired) electrons. The number of β-amino-alcohol motifs (C(OH)–C–C–N with tert-alkyl or cyclic N) is 1.